The second-order valence-corrected chi connectivity index (χ2v) is 5.31. The van der Waals surface area contributed by atoms with Crippen LogP contribution in [-0.4, -0.2) is 11.0 Å². The lowest BCUT2D eigenvalue weighted by atomic mass is 10.1. The second-order valence-electron chi connectivity index (χ2n) is 4.87. The third kappa shape index (κ3) is 4.36. The summed E-state index contributed by atoms with van der Waals surface area (Å²) in [6, 6.07) is 4.09. The van der Waals surface area contributed by atoms with Crippen molar-refractivity contribution >= 4 is 23.2 Å². The zero-order chi connectivity index (χ0) is 19.0. The molecule has 0 aliphatic rings. The minimum absolute atomic E-state index is 0.0337. The van der Waals surface area contributed by atoms with Crippen LogP contribution in [-0.2, 0) is 12.4 Å². The fourth-order valence-corrected chi connectivity index (χ4v) is 2.12. The van der Waals surface area contributed by atoms with Crippen molar-refractivity contribution in [2.75, 3.05) is 5.32 Å². The van der Waals surface area contributed by atoms with E-state index in [2.05, 4.69) is 0 Å². The molecule has 0 unspecified atom stereocenters. The number of aromatic hydroxyl groups is 1. The van der Waals surface area contributed by atoms with Crippen molar-refractivity contribution in [3.05, 3.63) is 58.1 Å². The summed E-state index contributed by atoms with van der Waals surface area (Å²) in [5, 5.41) is 11.4. The second kappa shape index (κ2) is 6.47. The Morgan fingerprint density at radius 3 is 2.16 bits per heavy atom. The molecular formula is C15H8ClF6NO2. The quantitative estimate of drug-likeness (QED) is 0.688. The summed E-state index contributed by atoms with van der Waals surface area (Å²) < 4.78 is 76.9. The first-order valence-electron chi connectivity index (χ1n) is 6.48. The van der Waals surface area contributed by atoms with Gasteiger partial charge in [0.2, 0.25) is 0 Å². The Morgan fingerprint density at radius 1 is 0.960 bits per heavy atom. The Labute approximate surface area is 141 Å². The SMILES string of the molecule is O=C(Nc1ccc(C(F)(F)F)cc1C(F)(F)F)c1cc(Cl)ccc1O. The minimum atomic E-state index is -5.14. The molecule has 0 spiro atoms. The van der Waals surface area contributed by atoms with Crippen molar-refractivity contribution in [3.8, 4) is 5.75 Å². The number of hydrogen-bond acceptors (Lipinski definition) is 2. The highest BCUT2D eigenvalue weighted by Gasteiger charge is 2.38. The monoisotopic (exact) mass is 383 g/mol. The van der Waals surface area contributed by atoms with E-state index in [0.717, 1.165) is 12.1 Å². The van der Waals surface area contributed by atoms with E-state index in [4.69, 9.17) is 11.6 Å². The molecule has 0 aliphatic carbocycles. The lowest BCUT2D eigenvalue weighted by Gasteiger charge is -2.16. The van der Waals surface area contributed by atoms with Gasteiger partial charge in [0.05, 0.1) is 22.4 Å². The molecule has 0 radical (unpaired) electrons. The number of phenols is 1. The van der Waals surface area contributed by atoms with E-state index < -0.39 is 46.4 Å². The van der Waals surface area contributed by atoms with Gasteiger partial charge in [0.15, 0.2) is 0 Å². The van der Waals surface area contributed by atoms with Crippen LogP contribution in [0.1, 0.15) is 21.5 Å². The topological polar surface area (TPSA) is 49.3 Å². The van der Waals surface area contributed by atoms with Crippen molar-refractivity contribution < 1.29 is 36.2 Å². The molecule has 134 valence electrons. The van der Waals surface area contributed by atoms with Crippen LogP contribution in [0.2, 0.25) is 5.02 Å². The fraction of sp³-hybridized carbons (Fsp3) is 0.133. The fourth-order valence-electron chi connectivity index (χ4n) is 1.94. The van der Waals surface area contributed by atoms with Gasteiger partial charge in [-0.15, -0.1) is 0 Å². The normalized spacial score (nSPS) is 12.1. The van der Waals surface area contributed by atoms with Crippen LogP contribution in [0.25, 0.3) is 0 Å². The van der Waals surface area contributed by atoms with Gasteiger partial charge in [-0.3, -0.25) is 4.79 Å². The van der Waals surface area contributed by atoms with Crippen LogP contribution in [0.5, 0.6) is 5.75 Å². The molecule has 25 heavy (non-hydrogen) atoms. The van der Waals surface area contributed by atoms with Gasteiger partial charge in [0.25, 0.3) is 5.91 Å². The summed E-state index contributed by atoms with van der Waals surface area (Å²) >= 11 is 5.64. The van der Waals surface area contributed by atoms with E-state index in [1.165, 1.54) is 6.07 Å². The molecule has 0 saturated carbocycles. The first-order valence-corrected chi connectivity index (χ1v) is 6.85. The molecule has 2 N–H and O–H groups in total. The number of nitrogens with one attached hydrogen (secondary N) is 1. The lowest BCUT2D eigenvalue weighted by molar-refractivity contribution is -0.142. The number of alkyl halides is 6. The Morgan fingerprint density at radius 2 is 1.60 bits per heavy atom. The van der Waals surface area contributed by atoms with Crippen molar-refractivity contribution in [2.45, 2.75) is 12.4 Å². The molecule has 0 fully saturated rings. The molecule has 0 aromatic heterocycles. The average Bonchev–Trinajstić information content (AvgIpc) is 2.47. The van der Waals surface area contributed by atoms with Crippen LogP contribution in [0.4, 0.5) is 32.0 Å². The van der Waals surface area contributed by atoms with Gasteiger partial charge < -0.3 is 10.4 Å². The van der Waals surface area contributed by atoms with Gasteiger partial charge in [0.1, 0.15) is 5.75 Å². The number of carbonyl (C=O) groups excluding carboxylic acids is 1. The number of benzene rings is 2. The van der Waals surface area contributed by atoms with Gasteiger partial charge in [-0.2, -0.15) is 26.3 Å². The average molecular weight is 384 g/mol. The van der Waals surface area contributed by atoms with Crippen molar-refractivity contribution in [1.29, 1.82) is 0 Å². The minimum Gasteiger partial charge on any atom is -0.507 e. The molecule has 2 rings (SSSR count). The van der Waals surface area contributed by atoms with Gasteiger partial charge in [-0.05, 0) is 36.4 Å². The van der Waals surface area contributed by atoms with Crippen LogP contribution in [0, 0.1) is 0 Å². The maximum atomic E-state index is 13.0. The highest BCUT2D eigenvalue weighted by molar-refractivity contribution is 6.31. The lowest BCUT2D eigenvalue weighted by Crippen LogP contribution is -2.18. The summed E-state index contributed by atoms with van der Waals surface area (Å²) in [5.41, 5.74) is -4.49. The number of hydrogen-bond donors (Lipinski definition) is 2. The standard InChI is InChI=1S/C15H8ClF6NO2/c16-8-2-4-12(24)9(6-8)13(25)23-11-3-1-7(14(17,18)19)5-10(11)15(20,21)22/h1-6,24H,(H,23,25). The number of phenolic OH excluding ortho intramolecular Hbond substituents is 1. The first kappa shape index (κ1) is 18.9. The Bertz CT molecular complexity index is 817. The van der Waals surface area contributed by atoms with Crippen LogP contribution >= 0.6 is 11.6 Å². The first-order chi connectivity index (χ1) is 11.4. The largest absolute Gasteiger partial charge is 0.507 e. The number of carbonyl (C=O) groups is 1. The highest BCUT2D eigenvalue weighted by atomic mass is 35.5. The van der Waals surface area contributed by atoms with Crippen molar-refractivity contribution in [2.24, 2.45) is 0 Å². The van der Waals surface area contributed by atoms with Crippen LogP contribution in [0.15, 0.2) is 36.4 Å². The summed E-state index contributed by atoms with van der Waals surface area (Å²) in [7, 11) is 0. The molecule has 3 nitrogen and oxygen atoms in total. The zero-order valence-electron chi connectivity index (χ0n) is 12.0. The van der Waals surface area contributed by atoms with Crippen LogP contribution < -0.4 is 5.32 Å². The summed E-state index contributed by atoms with van der Waals surface area (Å²) in [4.78, 5) is 12.0. The molecule has 0 heterocycles. The number of anilines is 1. The van der Waals surface area contributed by atoms with E-state index in [0.29, 0.717) is 12.1 Å². The zero-order valence-corrected chi connectivity index (χ0v) is 12.7. The number of halogens is 7. The maximum Gasteiger partial charge on any atom is 0.418 e. The maximum absolute atomic E-state index is 13.0. The molecule has 2 aromatic carbocycles. The molecule has 2 aromatic rings. The van der Waals surface area contributed by atoms with E-state index in [9.17, 15) is 36.2 Å². The third-order valence-electron chi connectivity index (χ3n) is 3.10. The number of rotatable bonds is 2. The van der Waals surface area contributed by atoms with E-state index in [1.54, 1.807) is 0 Å². The molecule has 0 aliphatic heterocycles. The summed E-state index contributed by atoms with van der Waals surface area (Å²) in [5.74, 6) is -1.72. The summed E-state index contributed by atoms with van der Waals surface area (Å²) in [6.45, 7) is 0. The predicted molar refractivity (Wildman–Crippen MR) is 77.5 cm³/mol. The van der Waals surface area contributed by atoms with E-state index in [-0.39, 0.29) is 11.1 Å². The molecule has 0 atom stereocenters. The predicted octanol–water partition coefficient (Wildman–Crippen LogP) is 5.34. The van der Waals surface area contributed by atoms with Gasteiger partial charge in [0, 0.05) is 5.02 Å². The molecule has 1 amide bonds. The highest BCUT2D eigenvalue weighted by Crippen LogP contribution is 2.39. The smallest absolute Gasteiger partial charge is 0.418 e. The molecule has 0 saturated heterocycles. The molecule has 0 bridgehead atoms. The summed E-state index contributed by atoms with van der Waals surface area (Å²) in [6.07, 6.45) is -10.1. The van der Waals surface area contributed by atoms with Crippen molar-refractivity contribution in [1.82, 2.24) is 0 Å². The molecule has 10 heteroatoms. The van der Waals surface area contributed by atoms with Crippen LogP contribution in [0.3, 0.4) is 0 Å². The number of amides is 1. The molecular weight excluding hydrogens is 376 g/mol. The Kier molecular flexibility index (Phi) is 4.90. The van der Waals surface area contributed by atoms with Crippen molar-refractivity contribution in [3.63, 3.8) is 0 Å². The van der Waals surface area contributed by atoms with Gasteiger partial charge in [-0.1, -0.05) is 11.6 Å². The Hall–Kier alpha value is -2.42. The van der Waals surface area contributed by atoms with E-state index in [1.807, 2.05) is 5.32 Å². The Balaban J connectivity index is 2.45. The third-order valence-corrected chi connectivity index (χ3v) is 3.34. The van der Waals surface area contributed by atoms with Gasteiger partial charge in [-0.25, -0.2) is 0 Å². The van der Waals surface area contributed by atoms with Gasteiger partial charge >= 0.3 is 12.4 Å². The van der Waals surface area contributed by atoms with E-state index >= 15 is 0 Å².